The minimum absolute atomic E-state index is 0.0505. The van der Waals surface area contributed by atoms with Crippen LogP contribution in [-0.2, 0) is 26.9 Å². The van der Waals surface area contributed by atoms with Crippen LogP contribution < -0.4 is 13.8 Å². The predicted molar refractivity (Wildman–Crippen MR) is 170 cm³/mol. The molecule has 2 aliphatic rings. The molecule has 0 saturated carbocycles. The number of sulfonamides is 1. The lowest BCUT2D eigenvalue weighted by Crippen LogP contribution is -2.54. The fraction of sp³-hybridized carbons (Fsp3) is 0.333. The van der Waals surface area contributed by atoms with Crippen molar-refractivity contribution in [3.8, 4) is 11.5 Å². The second kappa shape index (κ2) is 12.1. The van der Waals surface area contributed by atoms with E-state index in [-0.39, 0.29) is 10.6 Å². The van der Waals surface area contributed by atoms with Crippen molar-refractivity contribution in [3.63, 3.8) is 0 Å². The van der Waals surface area contributed by atoms with E-state index in [0.29, 0.717) is 59.7 Å². The molecule has 45 heavy (non-hydrogen) atoms. The summed E-state index contributed by atoms with van der Waals surface area (Å²) in [4.78, 5) is 23.9. The van der Waals surface area contributed by atoms with Crippen LogP contribution in [0.2, 0.25) is 5.02 Å². The Kier molecular flexibility index (Phi) is 8.38. The van der Waals surface area contributed by atoms with E-state index in [1.54, 1.807) is 36.5 Å². The van der Waals surface area contributed by atoms with Gasteiger partial charge in [0.2, 0.25) is 5.89 Å². The lowest BCUT2D eigenvalue weighted by molar-refractivity contribution is -0.127. The zero-order valence-corrected chi connectivity index (χ0v) is 27.1. The molecule has 1 amide bonds. The number of ether oxygens (including phenoxy) is 2. The lowest BCUT2D eigenvalue weighted by atomic mass is 9.80. The molecule has 1 saturated heterocycles. The third-order valence-electron chi connectivity index (χ3n) is 8.31. The van der Waals surface area contributed by atoms with Gasteiger partial charge >= 0.3 is 0 Å². The average Bonchev–Trinajstić information content (AvgIpc) is 3.77. The Bertz CT molecular complexity index is 1810. The van der Waals surface area contributed by atoms with Crippen LogP contribution in [0.3, 0.4) is 0 Å². The van der Waals surface area contributed by atoms with Crippen molar-refractivity contribution in [3.05, 3.63) is 101 Å². The van der Waals surface area contributed by atoms with Gasteiger partial charge in [-0.1, -0.05) is 17.7 Å². The summed E-state index contributed by atoms with van der Waals surface area (Å²) >= 11 is 6.66. The summed E-state index contributed by atoms with van der Waals surface area (Å²) in [6, 6.07) is 16.2. The van der Waals surface area contributed by atoms with Crippen molar-refractivity contribution in [2.75, 3.05) is 38.7 Å². The van der Waals surface area contributed by atoms with E-state index in [1.807, 2.05) is 49.0 Å². The third kappa shape index (κ3) is 5.17. The molecule has 0 radical (unpaired) electrons. The first kappa shape index (κ1) is 31.1. The van der Waals surface area contributed by atoms with Gasteiger partial charge in [0.1, 0.15) is 17.8 Å². The molecule has 1 fully saturated rings. The summed E-state index contributed by atoms with van der Waals surface area (Å²) in [6.45, 7) is 3.26. The Labute approximate surface area is 268 Å². The number of carbonyl (C=O) groups is 1. The highest BCUT2D eigenvalue weighted by Gasteiger charge is 2.62. The van der Waals surface area contributed by atoms with E-state index in [0.717, 1.165) is 16.3 Å². The van der Waals surface area contributed by atoms with Crippen molar-refractivity contribution in [2.45, 2.75) is 42.8 Å². The van der Waals surface area contributed by atoms with Crippen molar-refractivity contribution in [1.29, 1.82) is 0 Å². The van der Waals surface area contributed by atoms with Gasteiger partial charge in [-0.15, -0.1) is 0 Å². The molecule has 0 bridgehead atoms. The topological polar surface area (TPSA) is 105 Å². The maximum atomic E-state index is 15.5. The number of fused-ring (bicyclic) bond motifs is 1. The summed E-state index contributed by atoms with van der Waals surface area (Å²) < 4.78 is 47.2. The summed E-state index contributed by atoms with van der Waals surface area (Å²) in [7, 11) is 1.02. The molecule has 236 valence electrons. The number of methoxy groups -OCH3 is 1. The number of anilines is 1. The van der Waals surface area contributed by atoms with Gasteiger partial charge in [-0.05, 0) is 94.0 Å². The van der Waals surface area contributed by atoms with Gasteiger partial charge in [-0.25, -0.2) is 17.7 Å². The molecule has 3 heterocycles. The zero-order valence-electron chi connectivity index (χ0n) is 25.6. The second-order valence-corrected chi connectivity index (χ2v) is 13.6. The molecule has 1 unspecified atom stereocenters. The SMILES string of the molecule is CCOc1ccc(CN(C)C)cc1C1(N2CCC[C@H]2c2ncco2)C(=O)N(S(=O)(=O)c2ccc(OC)cc2)c2ccc(Cl)cc21. The highest BCUT2D eigenvalue weighted by atomic mass is 35.5. The van der Waals surface area contributed by atoms with Crippen LogP contribution in [-0.4, -0.2) is 63.5 Å². The molecule has 4 aromatic rings. The number of halogens is 1. The number of likely N-dealkylation sites (tertiary alicyclic amines) is 1. The zero-order chi connectivity index (χ0) is 31.9. The van der Waals surface area contributed by atoms with Gasteiger partial charge in [0.25, 0.3) is 15.9 Å². The first-order chi connectivity index (χ1) is 21.6. The first-order valence-electron chi connectivity index (χ1n) is 14.7. The van der Waals surface area contributed by atoms with Crippen LogP contribution in [0, 0.1) is 0 Å². The number of aromatic nitrogens is 1. The van der Waals surface area contributed by atoms with E-state index in [1.165, 1.54) is 25.5 Å². The van der Waals surface area contributed by atoms with Crippen LogP contribution in [0.5, 0.6) is 11.5 Å². The van der Waals surface area contributed by atoms with E-state index < -0.39 is 27.5 Å². The van der Waals surface area contributed by atoms with Crippen LogP contribution in [0.1, 0.15) is 48.4 Å². The summed E-state index contributed by atoms with van der Waals surface area (Å²) in [5.74, 6) is 0.758. The minimum atomic E-state index is -4.40. The molecule has 2 aliphatic heterocycles. The van der Waals surface area contributed by atoms with Crippen molar-refractivity contribution in [2.24, 2.45) is 0 Å². The molecule has 6 rings (SSSR count). The Morgan fingerprint density at radius 3 is 2.53 bits per heavy atom. The molecule has 1 aromatic heterocycles. The van der Waals surface area contributed by atoms with Gasteiger partial charge in [0.15, 0.2) is 5.54 Å². The fourth-order valence-electron chi connectivity index (χ4n) is 6.56. The van der Waals surface area contributed by atoms with Gasteiger partial charge in [-0.2, -0.15) is 0 Å². The monoisotopic (exact) mass is 650 g/mol. The summed E-state index contributed by atoms with van der Waals surface area (Å²) in [5.41, 5.74) is 0.472. The second-order valence-electron chi connectivity index (χ2n) is 11.3. The predicted octanol–water partition coefficient (Wildman–Crippen LogP) is 5.61. The van der Waals surface area contributed by atoms with Crippen molar-refractivity contribution in [1.82, 2.24) is 14.8 Å². The Morgan fingerprint density at radius 1 is 1.09 bits per heavy atom. The van der Waals surface area contributed by atoms with Crippen LogP contribution in [0.15, 0.2) is 82.4 Å². The molecule has 10 nitrogen and oxygen atoms in total. The smallest absolute Gasteiger partial charge is 0.271 e. The maximum absolute atomic E-state index is 15.5. The Morgan fingerprint density at radius 2 is 1.87 bits per heavy atom. The molecule has 0 N–H and O–H groups in total. The van der Waals surface area contributed by atoms with Gasteiger partial charge < -0.3 is 18.8 Å². The van der Waals surface area contributed by atoms with E-state index in [2.05, 4.69) is 4.98 Å². The Balaban J connectivity index is 1.67. The molecule has 0 aliphatic carbocycles. The normalized spacial score (nSPS) is 20.2. The minimum Gasteiger partial charge on any atom is -0.497 e. The highest BCUT2D eigenvalue weighted by molar-refractivity contribution is 7.93. The number of hydrogen-bond acceptors (Lipinski definition) is 9. The molecule has 3 aromatic carbocycles. The van der Waals surface area contributed by atoms with Crippen LogP contribution in [0.25, 0.3) is 0 Å². The molecule has 2 atom stereocenters. The molecule has 12 heteroatoms. The highest BCUT2D eigenvalue weighted by Crippen LogP contribution is 2.57. The third-order valence-corrected chi connectivity index (χ3v) is 10.3. The van der Waals surface area contributed by atoms with Gasteiger partial charge in [0.05, 0.1) is 36.5 Å². The molecular weight excluding hydrogens is 616 g/mol. The van der Waals surface area contributed by atoms with Crippen LogP contribution >= 0.6 is 11.6 Å². The fourth-order valence-corrected chi connectivity index (χ4v) is 8.19. The van der Waals surface area contributed by atoms with E-state index in [4.69, 9.17) is 25.5 Å². The number of rotatable bonds is 10. The molecule has 0 spiro atoms. The summed E-state index contributed by atoms with van der Waals surface area (Å²) in [5, 5.41) is 0.365. The van der Waals surface area contributed by atoms with Crippen molar-refractivity contribution < 1.29 is 27.1 Å². The van der Waals surface area contributed by atoms with E-state index >= 15 is 4.79 Å². The number of hydrogen-bond donors (Lipinski definition) is 0. The quantitative estimate of drug-likeness (QED) is 0.216. The lowest BCUT2D eigenvalue weighted by Gasteiger charge is -2.41. The number of nitrogens with zero attached hydrogens (tertiary/aromatic N) is 4. The average molecular weight is 651 g/mol. The largest absolute Gasteiger partial charge is 0.497 e. The molecular formula is C33H35ClN4O6S. The first-order valence-corrected chi connectivity index (χ1v) is 16.6. The van der Waals surface area contributed by atoms with Crippen molar-refractivity contribution >= 4 is 33.2 Å². The van der Waals surface area contributed by atoms with Crippen LogP contribution in [0.4, 0.5) is 5.69 Å². The number of carbonyl (C=O) groups excluding carboxylic acids is 1. The van der Waals surface area contributed by atoms with Gasteiger partial charge in [0, 0.05) is 29.2 Å². The number of oxazole rings is 1. The van der Waals surface area contributed by atoms with E-state index in [9.17, 15) is 8.42 Å². The maximum Gasteiger partial charge on any atom is 0.271 e. The summed E-state index contributed by atoms with van der Waals surface area (Å²) in [6.07, 6.45) is 4.45. The van der Waals surface area contributed by atoms with Gasteiger partial charge in [-0.3, -0.25) is 9.69 Å². The Hall–Kier alpha value is -3.90. The number of amides is 1. The standard InChI is InChI=1S/C33H35ClN4O6S/c1-5-43-30-15-8-22(21-36(2)3)19-27(30)33(37-17-6-7-29(37)31-35-16-18-44-31)26-20-23(34)9-14-28(26)38(32(33)39)45(40,41)25-12-10-24(42-4)11-13-25/h8-16,18-20,29H,5-7,17,21H2,1-4H3/t29-,33?/m0/s1. The number of benzene rings is 3.